The lowest BCUT2D eigenvalue weighted by molar-refractivity contribution is -0.119. The van der Waals surface area contributed by atoms with Crippen molar-refractivity contribution in [1.82, 2.24) is 15.5 Å². The van der Waals surface area contributed by atoms with Crippen LogP contribution in [0.25, 0.3) is 11.5 Å². The standard InChI is InChI=1S/C19H27N3O2S/c1-13(2)8-7-10-15(4)20-17(23)12-25-19-22-21-18(24-19)16-11-6-5-9-14(16)3/h5-6,9,11,13,15H,7-8,10,12H2,1-4H3,(H,20,23)/t15-/m0/s1. The molecule has 0 saturated carbocycles. The van der Waals surface area contributed by atoms with Crippen LogP contribution in [0.4, 0.5) is 0 Å². The minimum Gasteiger partial charge on any atom is -0.411 e. The van der Waals surface area contributed by atoms with Gasteiger partial charge in [0, 0.05) is 11.6 Å². The van der Waals surface area contributed by atoms with E-state index in [2.05, 4.69) is 29.4 Å². The summed E-state index contributed by atoms with van der Waals surface area (Å²) in [6, 6.07) is 8.05. The van der Waals surface area contributed by atoms with E-state index in [0.29, 0.717) is 17.0 Å². The van der Waals surface area contributed by atoms with Gasteiger partial charge in [-0.1, -0.05) is 56.7 Å². The number of rotatable bonds is 9. The predicted molar refractivity (Wildman–Crippen MR) is 101 cm³/mol. The molecule has 0 saturated heterocycles. The van der Waals surface area contributed by atoms with Crippen LogP contribution in [0.1, 0.15) is 45.6 Å². The molecule has 1 amide bonds. The minimum atomic E-state index is -0.00214. The summed E-state index contributed by atoms with van der Waals surface area (Å²) in [6.07, 6.45) is 3.33. The van der Waals surface area contributed by atoms with E-state index in [1.54, 1.807) is 0 Å². The highest BCUT2D eigenvalue weighted by Crippen LogP contribution is 2.25. The number of benzene rings is 1. The molecular formula is C19H27N3O2S. The largest absolute Gasteiger partial charge is 0.411 e. The van der Waals surface area contributed by atoms with Crippen molar-refractivity contribution in [2.24, 2.45) is 5.92 Å². The first-order chi connectivity index (χ1) is 12.0. The lowest BCUT2D eigenvalue weighted by Crippen LogP contribution is -2.33. The molecule has 2 rings (SSSR count). The summed E-state index contributed by atoms with van der Waals surface area (Å²) in [5.41, 5.74) is 2.00. The molecule has 1 N–H and O–H groups in total. The summed E-state index contributed by atoms with van der Waals surface area (Å²) in [6.45, 7) is 8.48. The third-order valence-electron chi connectivity index (χ3n) is 3.93. The van der Waals surface area contributed by atoms with E-state index in [9.17, 15) is 4.79 Å². The molecule has 6 heteroatoms. The maximum absolute atomic E-state index is 12.0. The van der Waals surface area contributed by atoms with Gasteiger partial charge in [-0.15, -0.1) is 10.2 Å². The molecular weight excluding hydrogens is 334 g/mol. The smallest absolute Gasteiger partial charge is 0.277 e. The molecule has 25 heavy (non-hydrogen) atoms. The molecule has 0 spiro atoms. The van der Waals surface area contributed by atoms with Crippen LogP contribution in [-0.4, -0.2) is 27.9 Å². The van der Waals surface area contributed by atoms with E-state index < -0.39 is 0 Å². The first-order valence-electron chi connectivity index (χ1n) is 8.77. The van der Waals surface area contributed by atoms with Crippen LogP contribution in [-0.2, 0) is 4.79 Å². The van der Waals surface area contributed by atoms with E-state index in [4.69, 9.17) is 4.42 Å². The Bertz CT molecular complexity index is 685. The van der Waals surface area contributed by atoms with Crippen molar-refractivity contribution < 1.29 is 9.21 Å². The number of carbonyl (C=O) groups is 1. The van der Waals surface area contributed by atoms with Gasteiger partial charge >= 0.3 is 0 Å². The van der Waals surface area contributed by atoms with E-state index in [1.165, 1.54) is 18.2 Å². The first-order valence-corrected chi connectivity index (χ1v) is 9.76. The average Bonchev–Trinajstić information content (AvgIpc) is 3.01. The van der Waals surface area contributed by atoms with E-state index in [1.807, 2.05) is 38.1 Å². The van der Waals surface area contributed by atoms with Crippen LogP contribution in [0.3, 0.4) is 0 Å². The number of hydrogen-bond acceptors (Lipinski definition) is 5. The number of aryl methyl sites for hydroxylation is 1. The van der Waals surface area contributed by atoms with Crippen molar-refractivity contribution in [3.05, 3.63) is 29.8 Å². The Hall–Kier alpha value is -1.82. The van der Waals surface area contributed by atoms with Gasteiger partial charge in [0.2, 0.25) is 11.8 Å². The molecule has 0 aliphatic heterocycles. The van der Waals surface area contributed by atoms with E-state index in [-0.39, 0.29) is 17.7 Å². The SMILES string of the molecule is Cc1ccccc1-c1nnc(SCC(=O)N[C@@H](C)CCCC(C)C)o1. The van der Waals surface area contributed by atoms with Crippen molar-refractivity contribution >= 4 is 17.7 Å². The maximum Gasteiger partial charge on any atom is 0.277 e. The molecule has 0 radical (unpaired) electrons. The second-order valence-electron chi connectivity index (χ2n) is 6.77. The Morgan fingerprint density at radius 2 is 1.96 bits per heavy atom. The molecule has 1 heterocycles. The Labute approximate surface area is 154 Å². The van der Waals surface area contributed by atoms with Gasteiger partial charge in [-0.3, -0.25) is 4.79 Å². The zero-order valence-electron chi connectivity index (χ0n) is 15.4. The van der Waals surface area contributed by atoms with Crippen LogP contribution in [0.5, 0.6) is 0 Å². The summed E-state index contributed by atoms with van der Waals surface area (Å²) in [7, 11) is 0. The predicted octanol–water partition coefficient (Wildman–Crippen LogP) is 4.47. The lowest BCUT2D eigenvalue weighted by Gasteiger charge is -2.14. The lowest BCUT2D eigenvalue weighted by atomic mass is 10.0. The van der Waals surface area contributed by atoms with Gasteiger partial charge in [0.1, 0.15) is 0 Å². The monoisotopic (exact) mass is 361 g/mol. The average molecular weight is 362 g/mol. The van der Waals surface area contributed by atoms with Crippen molar-refractivity contribution in [2.75, 3.05) is 5.75 Å². The second kappa shape index (κ2) is 9.61. The normalized spacial score (nSPS) is 12.4. The summed E-state index contributed by atoms with van der Waals surface area (Å²) in [5.74, 6) is 1.48. The van der Waals surface area contributed by atoms with Gasteiger partial charge < -0.3 is 9.73 Å². The molecule has 0 aliphatic carbocycles. The number of nitrogens with zero attached hydrogens (tertiary/aromatic N) is 2. The van der Waals surface area contributed by atoms with Gasteiger partial charge in [-0.2, -0.15) is 0 Å². The summed E-state index contributed by atoms with van der Waals surface area (Å²) in [5, 5.41) is 11.5. The molecule has 5 nitrogen and oxygen atoms in total. The topological polar surface area (TPSA) is 68.0 Å². The van der Waals surface area contributed by atoms with Crippen molar-refractivity contribution in [1.29, 1.82) is 0 Å². The molecule has 0 unspecified atom stereocenters. The Morgan fingerprint density at radius 3 is 2.68 bits per heavy atom. The highest BCUT2D eigenvalue weighted by Gasteiger charge is 2.13. The van der Waals surface area contributed by atoms with Crippen LogP contribution >= 0.6 is 11.8 Å². The maximum atomic E-state index is 12.0. The van der Waals surface area contributed by atoms with Gasteiger partial charge in [0.25, 0.3) is 5.22 Å². The van der Waals surface area contributed by atoms with Crippen LogP contribution in [0, 0.1) is 12.8 Å². The Morgan fingerprint density at radius 1 is 1.20 bits per heavy atom. The summed E-state index contributed by atoms with van der Waals surface area (Å²) in [4.78, 5) is 12.0. The van der Waals surface area contributed by atoms with Crippen molar-refractivity contribution in [2.45, 2.75) is 58.2 Å². The quantitative estimate of drug-likeness (QED) is 0.668. The van der Waals surface area contributed by atoms with E-state index >= 15 is 0 Å². The third-order valence-corrected chi connectivity index (χ3v) is 4.75. The highest BCUT2D eigenvalue weighted by atomic mass is 32.2. The molecule has 0 bridgehead atoms. The number of hydrogen-bond donors (Lipinski definition) is 1. The molecule has 1 aromatic heterocycles. The van der Waals surface area contributed by atoms with Gasteiger partial charge in [-0.05, 0) is 37.8 Å². The van der Waals surface area contributed by atoms with Gasteiger partial charge in [-0.25, -0.2) is 0 Å². The van der Waals surface area contributed by atoms with Crippen molar-refractivity contribution in [3.63, 3.8) is 0 Å². The van der Waals surface area contributed by atoms with Crippen LogP contribution in [0.2, 0.25) is 0 Å². The molecule has 1 aromatic carbocycles. The van der Waals surface area contributed by atoms with Crippen molar-refractivity contribution in [3.8, 4) is 11.5 Å². The zero-order valence-corrected chi connectivity index (χ0v) is 16.2. The third kappa shape index (κ3) is 6.53. The fraction of sp³-hybridized carbons (Fsp3) is 0.526. The number of amides is 1. The summed E-state index contributed by atoms with van der Waals surface area (Å²) >= 11 is 1.27. The van der Waals surface area contributed by atoms with E-state index in [0.717, 1.165) is 24.0 Å². The molecule has 0 aliphatic rings. The first kappa shape index (κ1) is 19.5. The van der Waals surface area contributed by atoms with Gasteiger partial charge in [0.15, 0.2) is 0 Å². The molecule has 136 valence electrons. The molecule has 0 fully saturated rings. The second-order valence-corrected chi connectivity index (χ2v) is 7.70. The van der Waals surface area contributed by atoms with Gasteiger partial charge in [0.05, 0.1) is 5.75 Å². The number of nitrogens with one attached hydrogen (secondary N) is 1. The number of carbonyl (C=O) groups excluding carboxylic acids is 1. The fourth-order valence-electron chi connectivity index (χ4n) is 2.54. The molecule has 1 atom stereocenters. The highest BCUT2D eigenvalue weighted by molar-refractivity contribution is 7.99. The fourth-order valence-corrected chi connectivity index (χ4v) is 3.11. The minimum absolute atomic E-state index is 0.00214. The number of thioether (sulfide) groups is 1. The number of aromatic nitrogens is 2. The Balaban J connectivity index is 1.78. The van der Waals surface area contributed by atoms with Crippen LogP contribution in [0.15, 0.2) is 33.9 Å². The molecule has 2 aromatic rings. The Kier molecular flexibility index (Phi) is 7.50. The zero-order chi connectivity index (χ0) is 18.2. The van der Waals surface area contributed by atoms with Crippen LogP contribution < -0.4 is 5.32 Å². The summed E-state index contributed by atoms with van der Waals surface area (Å²) < 4.78 is 5.66.